The van der Waals surface area contributed by atoms with E-state index in [0.29, 0.717) is 17.5 Å². The predicted octanol–water partition coefficient (Wildman–Crippen LogP) is 2.94. The van der Waals surface area contributed by atoms with Gasteiger partial charge in [-0.3, -0.25) is 0 Å². The second-order valence-corrected chi connectivity index (χ2v) is 11.7. The molecular formula is C26H39N5O2S. The number of rotatable bonds is 10. The number of pyridine rings is 1. The number of nitrogens with zero attached hydrogens (tertiary/aromatic N) is 2. The largest absolute Gasteiger partial charge is 0.370 e. The van der Waals surface area contributed by atoms with Crippen LogP contribution in [-0.4, -0.2) is 63.1 Å². The van der Waals surface area contributed by atoms with Crippen LogP contribution in [0.15, 0.2) is 29.2 Å². The number of hydrogen-bond donors (Lipinski definition) is 3. The number of sulfonamides is 1. The summed E-state index contributed by atoms with van der Waals surface area (Å²) in [5, 5.41) is 6.93. The van der Waals surface area contributed by atoms with Crippen LogP contribution >= 0.6 is 0 Å². The second kappa shape index (κ2) is 10.7. The van der Waals surface area contributed by atoms with E-state index in [0.717, 1.165) is 67.9 Å². The van der Waals surface area contributed by atoms with Crippen LogP contribution in [0.1, 0.15) is 47.7 Å². The minimum Gasteiger partial charge on any atom is -0.370 e. The molecule has 1 saturated heterocycles. The second-order valence-electron chi connectivity index (χ2n) is 10.1. The van der Waals surface area contributed by atoms with Gasteiger partial charge in [0.15, 0.2) is 0 Å². The lowest BCUT2D eigenvalue weighted by Gasteiger charge is -2.40. The highest BCUT2D eigenvalue weighted by molar-refractivity contribution is 7.89. The highest BCUT2D eigenvalue weighted by Gasteiger charge is 2.27. The maximum Gasteiger partial charge on any atom is 0.241 e. The molecule has 7 nitrogen and oxygen atoms in total. The fourth-order valence-electron chi connectivity index (χ4n) is 5.17. The van der Waals surface area contributed by atoms with E-state index >= 15 is 0 Å². The van der Waals surface area contributed by atoms with Gasteiger partial charge in [-0.15, -0.1) is 0 Å². The minimum atomic E-state index is -3.54. The number of likely N-dealkylation sites (tertiary alicyclic amines) is 1. The third-order valence-corrected chi connectivity index (χ3v) is 8.65. The first-order valence-electron chi connectivity index (χ1n) is 12.5. The molecule has 0 spiro atoms. The Kier molecular flexibility index (Phi) is 7.92. The first-order valence-corrected chi connectivity index (χ1v) is 14.0. The molecule has 1 aromatic heterocycles. The van der Waals surface area contributed by atoms with Crippen LogP contribution in [0.5, 0.6) is 0 Å². The molecule has 1 fully saturated rings. The maximum absolute atomic E-state index is 12.9. The maximum atomic E-state index is 12.9. The zero-order valence-corrected chi connectivity index (χ0v) is 21.8. The minimum absolute atomic E-state index is 0.178. The van der Waals surface area contributed by atoms with E-state index in [4.69, 9.17) is 4.98 Å². The van der Waals surface area contributed by atoms with Crippen LogP contribution in [0.3, 0.4) is 0 Å². The van der Waals surface area contributed by atoms with E-state index < -0.39 is 10.0 Å². The number of hydrogen-bond acceptors (Lipinski definition) is 6. The summed E-state index contributed by atoms with van der Waals surface area (Å²) in [6.45, 7) is 12.4. The number of aromatic nitrogens is 1. The topological polar surface area (TPSA) is 86.4 Å². The monoisotopic (exact) mass is 485 g/mol. The molecule has 4 rings (SSSR count). The molecule has 0 bridgehead atoms. The molecule has 186 valence electrons. The summed E-state index contributed by atoms with van der Waals surface area (Å²) in [5.74, 6) is 1.08. The van der Waals surface area contributed by atoms with Gasteiger partial charge in [0.2, 0.25) is 10.0 Å². The molecule has 0 amide bonds. The zero-order valence-electron chi connectivity index (χ0n) is 20.9. The average molecular weight is 486 g/mol. The molecule has 3 N–H and O–H groups in total. The molecule has 2 aliphatic heterocycles. The van der Waals surface area contributed by atoms with Crippen LogP contribution in [0, 0.1) is 20.8 Å². The Morgan fingerprint density at radius 3 is 2.65 bits per heavy atom. The van der Waals surface area contributed by atoms with Crippen LogP contribution in [-0.2, 0) is 22.9 Å². The Balaban J connectivity index is 1.15. The molecule has 3 heterocycles. The van der Waals surface area contributed by atoms with Crippen molar-refractivity contribution < 1.29 is 8.42 Å². The van der Waals surface area contributed by atoms with Crippen LogP contribution in [0.2, 0.25) is 0 Å². The van der Waals surface area contributed by atoms with Gasteiger partial charge in [-0.05, 0) is 82.7 Å². The highest BCUT2D eigenvalue weighted by atomic mass is 32.2. The van der Waals surface area contributed by atoms with E-state index in [1.807, 2.05) is 39.8 Å². The molecule has 1 atom stereocenters. The van der Waals surface area contributed by atoms with Crippen molar-refractivity contribution in [3.05, 3.63) is 52.2 Å². The third-order valence-electron chi connectivity index (χ3n) is 6.76. The lowest BCUT2D eigenvalue weighted by atomic mass is 10.1. The number of anilines is 1. The molecule has 1 aromatic carbocycles. The van der Waals surface area contributed by atoms with Crippen molar-refractivity contribution in [1.82, 2.24) is 19.9 Å². The molecule has 0 saturated carbocycles. The van der Waals surface area contributed by atoms with Gasteiger partial charge in [-0.25, -0.2) is 18.1 Å². The molecule has 0 radical (unpaired) electrons. The Bertz CT molecular complexity index is 1090. The summed E-state index contributed by atoms with van der Waals surface area (Å²) in [7, 11) is -3.54. The smallest absolute Gasteiger partial charge is 0.241 e. The van der Waals surface area contributed by atoms with Gasteiger partial charge in [-0.2, -0.15) is 0 Å². The molecular weight excluding hydrogens is 446 g/mol. The Labute approximate surface area is 204 Å². The van der Waals surface area contributed by atoms with E-state index in [2.05, 4.69) is 32.4 Å². The van der Waals surface area contributed by atoms with Gasteiger partial charge in [0, 0.05) is 44.0 Å². The van der Waals surface area contributed by atoms with E-state index in [1.165, 1.54) is 17.7 Å². The number of aryl methyl sites for hydroxylation is 5. The van der Waals surface area contributed by atoms with Crippen LogP contribution in [0.25, 0.3) is 0 Å². The van der Waals surface area contributed by atoms with Crippen molar-refractivity contribution in [2.75, 3.05) is 38.0 Å². The Morgan fingerprint density at radius 2 is 1.91 bits per heavy atom. The quantitative estimate of drug-likeness (QED) is 0.480. The van der Waals surface area contributed by atoms with Gasteiger partial charge >= 0.3 is 0 Å². The van der Waals surface area contributed by atoms with E-state index in [9.17, 15) is 8.42 Å². The van der Waals surface area contributed by atoms with Gasteiger partial charge in [0.05, 0.1) is 4.90 Å². The van der Waals surface area contributed by atoms with E-state index in [-0.39, 0.29) is 6.04 Å². The summed E-state index contributed by atoms with van der Waals surface area (Å²) >= 11 is 0. The lowest BCUT2D eigenvalue weighted by molar-refractivity contribution is 0.124. The first-order chi connectivity index (χ1) is 16.2. The standard InChI is InChI=1S/C26H39N5O2S/c1-18-13-19(2)25(20(3)14-18)34(32,33)30-21(4)15-28-24-16-31(17-24)12-6-8-23-10-9-22-7-5-11-27-26(22)29-23/h9-10,13-14,21,24,28,30H,5-8,11-12,15-17H2,1-4H3,(H,27,29)/t21-/m0/s1. The van der Waals surface area contributed by atoms with Gasteiger partial charge in [0.1, 0.15) is 5.82 Å². The summed E-state index contributed by atoms with van der Waals surface area (Å²) in [6, 6.07) is 8.49. The van der Waals surface area contributed by atoms with Gasteiger partial charge in [-0.1, -0.05) is 23.8 Å². The molecule has 2 aliphatic rings. The number of benzene rings is 1. The Hall–Kier alpha value is -2.00. The molecule has 8 heteroatoms. The normalized spacial score (nSPS) is 17.6. The van der Waals surface area contributed by atoms with Gasteiger partial charge < -0.3 is 15.5 Å². The summed E-state index contributed by atoms with van der Waals surface area (Å²) in [5.41, 5.74) is 5.17. The number of fused-ring (bicyclic) bond motifs is 1. The van der Waals surface area contributed by atoms with Crippen molar-refractivity contribution in [2.24, 2.45) is 0 Å². The van der Waals surface area contributed by atoms with Crippen molar-refractivity contribution in [2.45, 2.75) is 70.4 Å². The Morgan fingerprint density at radius 1 is 1.18 bits per heavy atom. The highest BCUT2D eigenvalue weighted by Crippen LogP contribution is 2.22. The summed E-state index contributed by atoms with van der Waals surface area (Å²) < 4.78 is 28.7. The molecule has 2 aromatic rings. The predicted molar refractivity (Wildman–Crippen MR) is 138 cm³/mol. The van der Waals surface area contributed by atoms with Crippen molar-refractivity contribution in [3.8, 4) is 0 Å². The van der Waals surface area contributed by atoms with Crippen molar-refractivity contribution in [1.29, 1.82) is 0 Å². The third kappa shape index (κ3) is 6.16. The molecule has 0 unspecified atom stereocenters. The van der Waals surface area contributed by atoms with Crippen LogP contribution < -0.4 is 15.4 Å². The number of nitrogens with one attached hydrogen (secondary N) is 3. The van der Waals surface area contributed by atoms with E-state index in [1.54, 1.807) is 0 Å². The lowest BCUT2D eigenvalue weighted by Crippen LogP contribution is -2.59. The first kappa shape index (κ1) is 25.1. The van der Waals surface area contributed by atoms with Crippen molar-refractivity contribution in [3.63, 3.8) is 0 Å². The fraction of sp³-hybridized carbons (Fsp3) is 0.577. The molecule has 34 heavy (non-hydrogen) atoms. The molecule has 0 aliphatic carbocycles. The van der Waals surface area contributed by atoms with Crippen molar-refractivity contribution >= 4 is 15.8 Å². The van der Waals surface area contributed by atoms with Crippen LogP contribution in [0.4, 0.5) is 5.82 Å². The average Bonchev–Trinajstić information content (AvgIpc) is 2.73. The summed E-state index contributed by atoms with van der Waals surface area (Å²) in [6.07, 6.45) is 4.42. The fourth-order valence-corrected chi connectivity index (χ4v) is 6.87. The van der Waals surface area contributed by atoms with Gasteiger partial charge in [0.25, 0.3) is 0 Å². The SMILES string of the molecule is Cc1cc(C)c(S(=O)(=O)N[C@@H](C)CNC2CN(CCCc3ccc4c(n3)NCCC4)C2)c(C)c1. The zero-order chi connectivity index (χ0) is 24.3. The summed E-state index contributed by atoms with van der Waals surface area (Å²) in [4.78, 5) is 7.64.